The van der Waals surface area contributed by atoms with E-state index in [-0.39, 0.29) is 6.04 Å². The molecule has 0 saturated carbocycles. The highest BCUT2D eigenvalue weighted by molar-refractivity contribution is 7.80. The zero-order valence-electron chi connectivity index (χ0n) is 10.00. The molecule has 2 aromatic rings. The van der Waals surface area contributed by atoms with E-state index in [1.807, 2.05) is 31.2 Å². The molecule has 0 amide bonds. The Hall–Kier alpha value is -2.01. The minimum Gasteiger partial charge on any atom is -0.389 e. The van der Waals surface area contributed by atoms with Crippen LogP contribution in [0.15, 0.2) is 42.9 Å². The first kappa shape index (κ1) is 12.4. The Morgan fingerprint density at radius 2 is 2.00 bits per heavy atom. The molecule has 0 radical (unpaired) electrons. The number of hydrogen-bond acceptors (Lipinski definition) is 4. The Balaban J connectivity index is 2.22. The molecule has 92 valence electrons. The van der Waals surface area contributed by atoms with Gasteiger partial charge in [-0.15, -0.1) is 0 Å². The number of nitrogens with one attached hydrogen (secondary N) is 1. The van der Waals surface area contributed by atoms with Crippen LogP contribution < -0.4 is 11.1 Å². The Morgan fingerprint density at radius 1 is 1.28 bits per heavy atom. The van der Waals surface area contributed by atoms with Crippen LogP contribution >= 0.6 is 12.2 Å². The van der Waals surface area contributed by atoms with Gasteiger partial charge in [0.15, 0.2) is 0 Å². The van der Waals surface area contributed by atoms with Crippen molar-refractivity contribution in [3.63, 3.8) is 0 Å². The zero-order valence-corrected chi connectivity index (χ0v) is 10.8. The van der Waals surface area contributed by atoms with E-state index in [9.17, 15) is 0 Å². The van der Waals surface area contributed by atoms with Gasteiger partial charge < -0.3 is 11.1 Å². The van der Waals surface area contributed by atoms with Gasteiger partial charge in [0.25, 0.3) is 0 Å². The third-order valence-electron chi connectivity index (χ3n) is 2.63. The highest BCUT2D eigenvalue weighted by Crippen LogP contribution is 2.19. The van der Waals surface area contributed by atoms with Gasteiger partial charge in [-0.2, -0.15) is 0 Å². The maximum atomic E-state index is 5.67. The monoisotopic (exact) mass is 258 g/mol. The summed E-state index contributed by atoms with van der Waals surface area (Å²) in [7, 11) is 0. The van der Waals surface area contributed by atoms with Gasteiger partial charge in [-0.3, -0.25) is 4.98 Å². The van der Waals surface area contributed by atoms with Gasteiger partial charge in [-0.25, -0.2) is 4.98 Å². The molecule has 0 fully saturated rings. The molecule has 0 spiro atoms. The van der Waals surface area contributed by atoms with Crippen molar-refractivity contribution in [1.29, 1.82) is 0 Å². The molecule has 5 heteroatoms. The van der Waals surface area contributed by atoms with Gasteiger partial charge in [-0.05, 0) is 36.8 Å². The van der Waals surface area contributed by atoms with Crippen molar-refractivity contribution < 1.29 is 0 Å². The van der Waals surface area contributed by atoms with E-state index in [1.54, 1.807) is 18.6 Å². The third-order valence-corrected chi connectivity index (χ3v) is 2.85. The summed E-state index contributed by atoms with van der Waals surface area (Å²) in [6.07, 6.45) is 5.24. The summed E-state index contributed by atoms with van der Waals surface area (Å²) in [5, 5.41) is 3.30. The van der Waals surface area contributed by atoms with Gasteiger partial charge in [-0.1, -0.05) is 12.2 Å². The third kappa shape index (κ3) is 2.81. The predicted molar refractivity (Wildman–Crippen MR) is 76.4 cm³/mol. The lowest BCUT2D eigenvalue weighted by Crippen LogP contribution is -2.16. The number of rotatable bonds is 4. The van der Waals surface area contributed by atoms with Crippen LogP contribution in [0.4, 0.5) is 5.82 Å². The fourth-order valence-corrected chi connectivity index (χ4v) is 1.82. The molecular weight excluding hydrogens is 244 g/mol. The fourth-order valence-electron chi connectivity index (χ4n) is 1.66. The molecule has 2 rings (SSSR count). The number of thiocarbonyl (C=S) groups is 1. The Kier molecular flexibility index (Phi) is 3.84. The number of nitrogens with zero attached hydrogens (tertiary/aromatic N) is 2. The van der Waals surface area contributed by atoms with Gasteiger partial charge >= 0.3 is 0 Å². The van der Waals surface area contributed by atoms with Gasteiger partial charge in [0.05, 0.1) is 11.6 Å². The Morgan fingerprint density at radius 3 is 2.67 bits per heavy atom. The van der Waals surface area contributed by atoms with Crippen molar-refractivity contribution >= 4 is 23.0 Å². The van der Waals surface area contributed by atoms with Crippen LogP contribution in [-0.4, -0.2) is 15.0 Å². The van der Waals surface area contributed by atoms with E-state index < -0.39 is 0 Å². The van der Waals surface area contributed by atoms with Crippen LogP contribution in [0.25, 0.3) is 0 Å². The second-order valence-electron chi connectivity index (χ2n) is 3.91. The molecule has 0 aliphatic carbocycles. The maximum Gasteiger partial charge on any atom is 0.136 e. The lowest BCUT2D eigenvalue weighted by molar-refractivity contribution is 0.870. The van der Waals surface area contributed by atoms with Crippen LogP contribution in [0.5, 0.6) is 0 Å². The normalized spacial score (nSPS) is 11.8. The van der Waals surface area contributed by atoms with Crippen molar-refractivity contribution in [2.24, 2.45) is 5.73 Å². The van der Waals surface area contributed by atoms with Gasteiger partial charge in [0, 0.05) is 18.6 Å². The SMILES string of the molecule is CC(Nc1ncccc1C(N)=S)c1ccncc1. The van der Waals surface area contributed by atoms with Crippen LogP contribution in [-0.2, 0) is 0 Å². The fraction of sp³-hybridized carbons (Fsp3) is 0.154. The molecule has 2 heterocycles. The van der Waals surface area contributed by atoms with E-state index in [0.717, 1.165) is 11.1 Å². The summed E-state index contributed by atoms with van der Waals surface area (Å²) in [4.78, 5) is 8.61. The molecule has 1 unspecified atom stereocenters. The highest BCUT2D eigenvalue weighted by atomic mass is 32.1. The largest absolute Gasteiger partial charge is 0.389 e. The quantitative estimate of drug-likeness (QED) is 0.824. The van der Waals surface area contributed by atoms with E-state index >= 15 is 0 Å². The first-order valence-electron chi connectivity index (χ1n) is 5.60. The van der Waals surface area contributed by atoms with Crippen molar-refractivity contribution in [2.45, 2.75) is 13.0 Å². The number of pyridine rings is 2. The molecule has 0 saturated heterocycles. The second kappa shape index (κ2) is 5.55. The van der Waals surface area contributed by atoms with Gasteiger partial charge in [0.1, 0.15) is 10.8 Å². The topological polar surface area (TPSA) is 63.8 Å². The van der Waals surface area contributed by atoms with Crippen LogP contribution in [0.1, 0.15) is 24.1 Å². The lowest BCUT2D eigenvalue weighted by atomic mass is 10.1. The van der Waals surface area contributed by atoms with Crippen LogP contribution in [0.2, 0.25) is 0 Å². The van der Waals surface area contributed by atoms with E-state index in [2.05, 4.69) is 15.3 Å². The smallest absolute Gasteiger partial charge is 0.136 e. The second-order valence-corrected chi connectivity index (χ2v) is 4.35. The number of hydrogen-bond donors (Lipinski definition) is 2. The van der Waals surface area contributed by atoms with E-state index in [0.29, 0.717) is 10.8 Å². The Labute approximate surface area is 111 Å². The molecule has 18 heavy (non-hydrogen) atoms. The summed E-state index contributed by atoms with van der Waals surface area (Å²) in [6.45, 7) is 2.05. The molecular formula is C13H14N4S. The van der Waals surface area contributed by atoms with Crippen LogP contribution in [0, 0.1) is 0 Å². The molecule has 0 aromatic carbocycles. The molecule has 0 aliphatic heterocycles. The maximum absolute atomic E-state index is 5.67. The summed E-state index contributed by atoms with van der Waals surface area (Å²) >= 11 is 5.01. The summed E-state index contributed by atoms with van der Waals surface area (Å²) in [5.41, 5.74) is 7.56. The van der Waals surface area contributed by atoms with Crippen molar-refractivity contribution in [2.75, 3.05) is 5.32 Å². The lowest BCUT2D eigenvalue weighted by Gasteiger charge is -2.16. The van der Waals surface area contributed by atoms with E-state index in [1.165, 1.54) is 0 Å². The predicted octanol–water partition coefficient (Wildman–Crippen LogP) is 2.28. The van der Waals surface area contributed by atoms with Crippen LogP contribution in [0.3, 0.4) is 0 Å². The van der Waals surface area contributed by atoms with Crippen molar-refractivity contribution in [3.05, 3.63) is 54.0 Å². The summed E-state index contributed by atoms with van der Waals surface area (Å²) in [5.74, 6) is 0.703. The molecule has 1 atom stereocenters. The molecule has 2 aromatic heterocycles. The van der Waals surface area contributed by atoms with E-state index in [4.69, 9.17) is 18.0 Å². The first-order valence-corrected chi connectivity index (χ1v) is 6.00. The van der Waals surface area contributed by atoms with Gasteiger partial charge in [0.2, 0.25) is 0 Å². The standard InChI is InChI=1S/C13H14N4S/c1-9(10-4-7-15-8-5-10)17-13-11(12(14)18)3-2-6-16-13/h2-9H,1H3,(H2,14,18)(H,16,17). The molecule has 4 nitrogen and oxygen atoms in total. The zero-order chi connectivity index (χ0) is 13.0. The molecule has 0 bridgehead atoms. The number of nitrogens with two attached hydrogens (primary N) is 1. The highest BCUT2D eigenvalue weighted by Gasteiger charge is 2.10. The molecule has 3 N–H and O–H groups in total. The minimum atomic E-state index is 0.107. The average Bonchev–Trinajstić information content (AvgIpc) is 2.40. The summed E-state index contributed by atoms with van der Waals surface area (Å²) in [6, 6.07) is 7.70. The molecule has 0 aliphatic rings. The number of aromatic nitrogens is 2. The number of anilines is 1. The minimum absolute atomic E-state index is 0.107. The Bertz CT molecular complexity index is 542. The summed E-state index contributed by atoms with van der Waals surface area (Å²) < 4.78 is 0. The average molecular weight is 258 g/mol. The van der Waals surface area contributed by atoms with Crippen molar-refractivity contribution in [1.82, 2.24) is 9.97 Å². The van der Waals surface area contributed by atoms with Crippen molar-refractivity contribution in [3.8, 4) is 0 Å². The first-order chi connectivity index (χ1) is 8.68.